The van der Waals surface area contributed by atoms with Gasteiger partial charge in [-0.05, 0) is 31.9 Å². The highest BCUT2D eigenvalue weighted by atomic mass is 16.5. The lowest BCUT2D eigenvalue weighted by molar-refractivity contribution is 0.0685. The van der Waals surface area contributed by atoms with Crippen molar-refractivity contribution in [2.45, 2.75) is 25.8 Å². The van der Waals surface area contributed by atoms with Gasteiger partial charge in [0.15, 0.2) is 0 Å². The molecule has 1 aromatic heterocycles. The van der Waals surface area contributed by atoms with Crippen molar-refractivity contribution in [1.29, 1.82) is 0 Å². The summed E-state index contributed by atoms with van der Waals surface area (Å²) < 4.78 is 7.04. The quantitative estimate of drug-likeness (QED) is 0.921. The number of likely N-dealkylation sites (tertiary alicyclic amines) is 1. The number of aromatic nitrogens is 2. The minimum absolute atomic E-state index is 0.0423. The largest absolute Gasteiger partial charge is 0.496 e. The Hall–Kier alpha value is -2.83. The number of aromatic carboxylic acids is 1. The van der Waals surface area contributed by atoms with E-state index in [-0.39, 0.29) is 17.5 Å². The van der Waals surface area contributed by atoms with Crippen molar-refractivity contribution in [2.75, 3.05) is 20.2 Å². The molecule has 3 rings (SSSR count). The van der Waals surface area contributed by atoms with Crippen molar-refractivity contribution in [2.24, 2.45) is 0 Å². The molecule has 1 aliphatic heterocycles. The van der Waals surface area contributed by atoms with Crippen LogP contribution in [0.3, 0.4) is 0 Å². The lowest BCUT2D eigenvalue weighted by Gasteiger charge is -2.33. The molecule has 1 N–H and O–H groups in total. The Morgan fingerprint density at radius 1 is 1.20 bits per heavy atom. The summed E-state index contributed by atoms with van der Waals surface area (Å²) in [5.41, 5.74) is 1.45. The van der Waals surface area contributed by atoms with Crippen molar-refractivity contribution >= 4 is 11.9 Å². The number of ether oxygens (including phenoxy) is 1. The SMILES string of the molecule is COc1ccccc1C(=O)N1CCC(n2ncc(C(=O)O)c2C)CC1. The molecular formula is C18H21N3O4. The lowest BCUT2D eigenvalue weighted by atomic mass is 10.0. The molecule has 1 aromatic carbocycles. The van der Waals surface area contributed by atoms with Crippen LogP contribution in [0.15, 0.2) is 30.5 Å². The predicted molar refractivity (Wildman–Crippen MR) is 91.1 cm³/mol. The number of piperidine rings is 1. The van der Waals surface area contributed by atoms with Gasteiger partial charge >= 0.3 is 5.97 Å². The topological polar surface area (TPSA) is 84.7 Å². The number of nitrogens with zero attached hydrogens (tertiary/aromatic N) is 3. The van der Waals surface area contributed by atoms with Gasteiger partial charge in [0.25, 0.3) is 5.91 Å². The van der Waals surface area contributed by atoms with Gasteiger partial charge in [0.2, 0.25) is 0 Å². The summed E-state index contributed by atoms with van der Waals surface area (Å²) in [5, 5.41) is 13.4. The van der Waals surface area contributed by atoms with E-state index in [1.165, 1.54) is 6.20 Å². The minimum atomic E-state index is -0.965. The van der Waals surface area contributed by atoms with Crippen molar-refractivity contribution in [3.63, 3.8) is 0 Å². The van der Waals surface area contributed by atoms with E-state index < -0.39 is 5.97 Å². The smallest absolute Gasteiger partial charge is 0.339 e. The van der Waals surface area contributed by atoms with Gasteiger partial charge in [-0.2, -0.15) is 5.10 Å². The highest BCUT2D eigenvalue weighted by Gasteiger charge is 2.28. The van der Waals surface area contributed by atoms with Gasteiger partial charge in [0.05, 0.1) is 30.6 Å². The van der Waals surface area contributed by atoms with Crippen molar-refractivity contribution in [1.82, 2.24) is 14.7 Å². The molecule has 1 amide bonds. The van der Waals surface area contributed by atoms with Crippen LogP contribution in [0.5, 0.6) is 5.75 Å². The normalized spacial score (nSPS) is 15.2. The van der Waals surface area contributed by atoms with Crippen LogP contribution in [-0.2, 0) is 0 Å². The summed E-state index contributed by atoms with van der Waals surface area (Å²) in [6.07, 6.45) is 2.87. The first-order valence-electron chi connectivity index (χ1n) is 8.22. The van der Waals surface area contributed by atoms with Crippen LogP contribution in [0.1, 0.15) is 45.3 Å². The molecule has 0 radical (unpaired) electrons. The molecule has 1 aliphatic rings. The number of carbonyl (C=O) groups excluding carboxylic acids is 1. The fourth-order valence-electron chi connectivity index (χ4n) is 3.31. The number of hydrogen-bond donors (Lipinski definition) is 1. The molecule has 2 heterocycles. The van der Waals surface area contributed by atoms with Crippen LogP contribution >= 0.6 is 0 Å². The molecule has 0 bridgehead atoms. The molecule has 0 atom stereocenters. The van der Waals surface area contributed by atoms with Crippen molar-refractivity contribution < 1.29 is 19.4 Å². The maximum Gasteiger partial charge on any atom is 0.339 e. The Morgan fingerprint density at radius 2 is 1.88 bits per heavy atom. The number of carboxylic acids is 1. The highest BCUT2D eigenvalue weighted by molar-refractivity contribution is 5.97. The number of methoxy groups -OCH3 is 1. The molecule has 2 aromatic rings. The van der Waals surface area contributed by atoms with Crippen molar-refractivity contribution in [3.8, 4) is 5.75 Å². The number of carboxylic acid groups (broad SMARTS) is 1. The summed E-state index contributed by atoms with van der Waals surface area (Å²) in [6, 6.07) is 7.31. The molecule has 1 fully saturated rings. The first kappa shape index (κ1) is 17.0. The zero-order chi connectivity index (χ0) is 18.0. The molecule has 25 heavy (non-hydrogen) atoms. The third kappa shape index (κ3) is 3.22. The van der Waals surface area contributed by atoms with E-state index in [2.05, 4.69) is 5.10 Å². The minimum Gasteiger partial charge on any atom is -0.496 e. The van der Waals surface area contributed by atoms with Crippen LogP contribution in [-0.4, -0.2) is 51.9 Å². The zero-order valence-electron chi connectivity index (χ0n) is 14.3. The van der Waals surface area contributed by atoms with Gasteiger partial charge in [-0.3, -0.25) is 9.48 Å². The predicted octanol–water partition coefficient (Wildman–Crippen LogP) is 2.38. The Kier molecular flexibility index (Phi) is 4.74. The van der Waals surface area contributed by atoms with Crippen LogP contribution < -0.4 is 4.74 Å². The number of hydrogen-bond acceptors (Lipinski definition) is 4. The van der Waals surface area contributed by atoms with Gasteiger partial charge < -0.3 is 14.7 Å². The Labute approximate surface area is 145 Å². The van der Waals surface area contributed by atoms with Gasteiger partial charge in [-0.1, -0.05) is 12.1 Å². The van der Waals surface area contributed by atoms with Crippen LogP contribution in [0.25, 0.3) is 0 Å². The van der Waals surface area contributed by atoms with E-state index in [0.29, 0.717) is 30.1 Å². The van der Waals surface area contributed by atoms with Crippen LogP contribution in [0.2, 0.25) is 0 Å². The van der Waals surface area contributed by atoms with Gasteiger partial charge in [-0.15, -0.1) is 0 Å². The number of rotatable bonds is 4. The molecule has 132 valence electrons. The Balaban J connectivity index is 1.70. The first-order valence-corrected chi connectivity index (χ1v) is 8.22. The lowest BCUT2D eigenvalue weighted by Crippen LogP contribution is -2.39. The molecule has 0 saturated carbocycles. The molecule has 0 aliphatic carbocycles. The van der Waals surface area contributed by atoms with E-state index in [1.54, 1.807) is 30.8 Å². The molecule has 7 heteroatoms. The maximum absolute atomic E-state index is 12.7. The van der Waals surface area contributed by atoms with Crippen LogP contribution in [0, 0.1) is 6.92 Å². The third-order valence-electron chi connectivity index (χ3n) is 4.71. The average molecular weight is 343 g/mol. The summed E-state index contributed by atoms with van der Waals surface area (Å²) in [5.74, 6) is -0.435. The Bertz CT molecular complexity index is 791. The van der Waals surface area contributed by atoms with Crippen LogP contribution in [0.4, 0.5) is 0 Å². The summed E-state index contributed by atoms with van der Waals surface area (Å²) in [4.78, 5) is 25.7. The number of para-hydroxylation sites is 1. The van der Waals surface area contributed by atoms with E-state index >= 15 is 0 Å². The summed E-state index contributed by atoms with van der Waals surface area (Å²) in [7, 11) is 1.55. The van der Waals surface area contributed by atoms with E-state index in [9.17, 15) is 9.59 Å². The van der Waals surface area contributed by atoms with E-state index in [0.717, 1.165) is 12.8 Å². The second-order valence-corrected chi connectivity index (χ2v) is 6.12. The number of benzene rings is 1. The molecular weight excluding hydrogens is 322 g/mol. The second kappa shape index (κ2) is 6.96. The van der Waals surface area contributed by atoms with Gasteiger partial charge in [0.1, 0.15) is 11.3 Å². The second-order valence-electron chi connectivity index (χ2n) is 6.12. The van der Waals surface area contributed by atoms with Gasteiger partial charge in [0, 0.05) is 13.1 Å². The van der Waals surface area contributed by atoms with Crippen molar-refractivity contribution in [3.05, 3.63) is 47.3 Å². The summed E-state index contributed by atoms with van der Waals surface area (Å²) >= 11 is 0. The maximum atomic E-state index is 12.7. The fraction of sp³-hybridized carbons (Fsp3) is 0.389. The number of amides is 1. The monoisotopic (exact) mass is 343 g/mol. The number of carbonyl (C=O) groups is 2. The zero-order valence-corrected chi connectivity index (χ0v) is 14.3. The molecule has 7 nitrogen and oxygen atoms in total. The standard InChI is InChI=1S/C18H21N3O4/c1-12-15(18(23)24)11-19-21(12)13-7-9-20(10-8-13)17(22)14-5-3-4-6-16(14)25-2/h3-6,11,13H,7-10H2,1-2H3,(H,23,24). The van der Waals surface area contributed by atoms with Gasteiger partial charge in [-0.25, -0.2) is 4.79 Å². The first-order chi connectivity index (χ1) is 12.0. The fourth-order valence-corrected chi connectivity index (χ4v) is 3.31. The molecule has 0 spiro atoms. The summed E-state index contributed by atoms with van der Waals surface area (Å²) in [6.45, 7) is 2.97. The third-order valence-corrected chi connectivity index (χ3v) is 4.71. The molecule has 0 unspecified atom stereocenters. The van der Waals surface area contributed by atoms with E-state index in [4.69, 9.17) is 9.84 Å². The van der Waals surface area contributed by atoms with E-state index in [1.807, 2.05) is 17.0 Å². The molecule has 1 saturated heterocycles. The Morgan fingerprint density at radius 3 is 2.48 bits per heavy atom. The average Bonchev–Trinajstić information content (AvgIpc) is 3.03. The highest BCUT2D eigenvalue weighted by Crippen LogP contribution is 2.27.